The van der Waals surface area contributed by atoms with Crippen molar-refractivity contribution < 1.29 is 19.0 Å². The van der Waals surface area contributed by atoms with Crippen LogP contribution in [-0.4, -0.2) is 40.6 Å². The molecule has 3 rings (SSSR count). The van der Waals surface area contributed by atoms with Gasteiger partial charge in [0.1, 0.15) is 0 Å². The second-order valence-corrected chi connectivity index (χ2v) is 10.2. The van der Waals surface area contributed by atoms with E-state index in [0.29, 0.717) is 17.2 Å². The van der Waals surface area contributed by atoms with Crippen molar-refractivity contribution in [3.63, 3.8) is 0 Å². The lowest BCUT2D eigenvalue weighted by atomic mass is 9.95. The van der Waals surface area contributed by atoms with Gasteiger partial charge in [0.15, 0.2) is 11.5 Å². The second kappa shape index (κ2) is 9.32. The first-order chi connectivity index (χ1) is 14.3. The predicted molar refractivity (Wildman–Crippen MR) is 126 cm³/mol. The van der Waals surface area contributed by atoms with Gasteiger partial charge in [-0.1, -0.05) is 32.3 Å². The van der Waals surface area contributed by atoms with E-state index in [1.165, 1.54) is 0 Å². The minimum Gasteiger partial charge on any atom is -0.493 e. The molecule has 30 heavy (non-hydrogen) atoms. The largest absolute Gasteiger partial charge is 0.493 e. The molecule has 1 N–H and O–H groups in total. The summed E-state index contributed by atoms with van der Waals surface area (Å²) in [5, 5.41) is 4.28. The van der Waals surface area contributed by atoms with E-state index in [9.17, 15) is 4.79 Å². The molecule has 160 valence electrons. The van der Waals surface area contributed by atoms with Crippen LogP contribution >= 0.6 is 20.1 Å². The Bertz CT molecular complexity index is 1040. The molecule has 0 aliphatic heterocycles. The maximum absolute atomic E-state index is 12.0. The number of nitrogens with one attached hydrogen (secondary N) is 1. The van der Waals surface area contributed by atoms with Crippen LogP contribution in [0.4, 0.5) is 0 Å². The number of fused-ring (bicyclic) bond motifs is 3. The van der Waals surface area contributed by atoms with Crippen LogP contribution in [0, 0.1) is 4.51 Å². The molecule has 1 atom stereocenters. The first-order valence-electron chi connectivity index (χ1n) is 9.77. The van der Waals surface area contributed by atoms with Crippen molar-refractivity contribution in [1.82, 2.24) is 5.32 Å². The van der Waals surface area contributed by atoms with E-state index in [4.69, 9.17) is 26.4 Å². The van der Waals surface area contributed by atoms with Crippen molar-refractivity contribution in [2.24, 2.45) is 0 Å². The number of hydrogen-bond donors (Lipinski definition) is 1. The zero-order valence-electron chi connectivity index (χ0n) is 18.3. The van der Waals surface area contributed by atoms with Crippen LogP contribution < -0.4 is 24.8 Å². The third-order valence-electron chi connectivity index (χ3n) is 5.38. The highest BCUT2D eigenvalue weighted by molar-refractivity contribution is 7.73. The molecule has 2 aromatic carbocycles. The molecule has 0 spiro atoms. The summed E-state index contributed by atoms with van der Waals surface area (Å²) in [4.78, 5) is 12.0. The number of benzene rings is 1. The summed E-state index contributed by atoms with van der Waals surface area (Å²) in [7, 11) is 4.50. The molecule has 0 saturated carbocycles. The monoisotopic (exact) mass is 445 g/mol. The quantitative estimate of drug-likeness (QED) is 0.539. The van der Waals surface area contributed by atoms with Crippen LogP contribution in [-0.2, 0) is 11.2 Å². The summed E-state index contributed by atoms with van der Waals surface area (Å²) in [6.45, 7) is 5.93. The Kier molecular flexibility index (Phi) is 6.99. The van der Waals surface area contributed by atoms with Crippen molar-refractivity contribution in [2.75, 3.05) is 34.7 Å². The molecule has 1 aliphatic rings. The molecule has 1 aliphatic carbocycles. The maximum atomic E-state index is 12.0. The summed E-state index contributed by atoms with van der Waals surface area (Å²) in [5.41, 5.74) is 4.05. The van der Waals surface area contributed by atoms with Crippen molar-refractivity contribution in [3.8, 4) is 28.4 Å². The fourth-order valence-corrected chi connectivity index (χ4v) is 5.69. The first kappa shape index (κ1) is 22.5. The molecule has 0 radical (unpaired) electrons. The maximum Gasteiger partial charge on any atom is 0.217 e. The number of hydrogen-bond acceptors (Lipinski definition) is 5. The molecule has 1 unspecified atom stereocenters. The summed E-state index contributed by atoms with van der Waals surface area (Å²) in [5.74, 6) is 1.75. The van der Waals surface area contributed by atoms with E-state index in [1.807, 2.05) is 12.1 Å². The zero-order valence-corrected chi connectivity index (χ0v) is 20.0. The van der Waals surface area contributed by atoms with E-state index in [2.05, 4.69) is 30.8 Å². The fourth-order valence-electron chi connectivity index (χ4n) is 4.07. The Morgan fingerprint density at radius 1 is 1.10 bits per heavy atom. The van der Waals surface area contributed by atoms with Gasteiger partial charge in [0.05, 0.1) is 27.4 Å². The molecule has 0 saturated heterocycles. The minimum atomic E-state index is -0.369. The fraction of sp³-hybridized carbons (Fsp3) is 0.391. The Balaban J connectivity index is 2.43. The minimum absolute atomic E-state index is 0.0649. The molecule has 2 aromatic rings. The van der Waals surface area contributed by atoms with E-state index < -0.39 is 0 Å². The van der Waals surface area contributed by atoms with E-state index in [-0.39, 0.29) is 19.9 Å². The van der Waals surface area contributed by atoms with Gasteiger partial charge < -0.3 is 19.5 Å². The van der Waals surface area contributed by atoms with Gasteiger partial charge in [0, 0.05) is 17.0 Å². The van der Waals surface area contributed by atoms with Crippen LogP contribution in [0.3, 0.4) is 0 Å². The Labute approximate surface area is 184 Å². The molecule has 5 nitrogen and oxygen atoms in total. The average Bonchev–Trinajstić information content (AvgIpc) is 2.95. The summed E-state index contributed by atoms with van der Waals surface area (Å²) in [6.07, 6.45) is 1.50. The number of aryl methyl sites for hydroxylation is 1. The molecule has 1 amide bonds. The first-order valence-corrected chi connectivity index (χ1v) is 12.4. The third kappa shape index (κ3) is 4.17. The second-order valence-electron chi connectivity index (χ2n) is 7.46. The Morgan fingerprint density at radius 3 is 2.37 bits per heavy atom. The number of methoxy groups -OCH3 is 3. The topological polar surface area (TPSA) is 56.8 Å². The number of ether oxygens (including phenoxy) is 3. The van der Waals surface area contributed by atoms with Crippen LogP contribution in [0.1, 0.15) is 30.5 Å². The van der Waals surface area contributed by atoms with Gasteiger partial charge in [-0.3, -0.25) is 4.79 Å². The molecule has 0 bridgehead atoms. The third-order valence-corrected chi connectivity index (χ3v) is 7.22. The van der Waals surface area contributed by atoms with Gasteiger partial charge in [-0.2, -0.15) is 0 Å². The van der Waals surface area contributed by atoms with Crippen molar-refractivity contribution in [3.05, 3.63) is 39.9 Å². The number of carbonyl (C=O) groups excluding carboxylic acids is 1. The number of rotatable bonds is 5. The summed E-state index contributed by atoms with van der Waals surface area (Å²) < 4.78 is 17.9. The summed E-state index contributed by atoms with van der Waals surface area (Å²) in [6, 6.07) is 8.13. The lowest BCUT2D eigenvalue weighted by molar-refractivity contribution is -0.119. The normalized spacial score (nSPS) is 15.0. The lowest BCUT2D eigenvalue weighted by Gasteiger charge is -2.19. The SMILES string of the molecule is COc1cc2c(c(OC)c1OC)-c1ccc(P(C)C)c(=S)cc1C(NC(C)=O)CC2. The van der Waals surface area contributed by atoms with Crippen LogP contribution in [0.15, 0.2) is 24.3 Å². The van der Waals surface area contributed by atoms with Gasteiger partial charge >= 0.3 is 0 Å². The molecular weight excluding hydrogens is 417 g/mol. The van der Waals surface area contributed by atoms with Crippen molar-refractivity contribution >= 4 is 31.4 Å². The van der Waals surface area contributed by atoms with Gasteiger partial charge in [0.25, 0.3) is 0 Å². The Hall–Kier alpha value is -2.17. The van der Waals surface area contributed by atoms with Gasteiger partial charge in [0.2, 0.25) is 11.7 Å². The lowest BCUT2D eigenvalue weighted by Crippen LogP contribution is -2.26. The van der Waals surface area contributed by atoms with Gasteiger partial charge in [-0.25, -0.2) is 0 Å². The number of amides is 1. The van der Waals surface area contributed by atoms with Gasteiger partial charge in [-0.05, 0) is 60.3 Å². The van der Waals surface area contributed by atoms with Crippen molar-refractivity contribution in [2.45, 2.75) is 25.8 Å². The standard InChI is InChI=1S/C23H28NO4PS/c1-13(25)24-17-9-7-14-11-18(26-2)22(27-3)23(28-4)21(14)15-8-10-19(29(5)6)20(30)12-16(15)17/h8,10-12,17H,7,9H2,1-6H3,(H,24,25). The molecule has 0 fully saturated rings. The zero-order chi connectivity index (χ0) is 22.0. The smallest absolute Gasteiger partial charge is 0.217 e. The molecule has 0 heterocycles. The van der Waals surface area contributed by atoms with E-state index in [1.54, 1.807) is 28.3 Å². The summed E-state index contributed by atoms with van der Waals surface area (Å²) >= 11 is 5.77. The predicted octanol–water partition coefficient (Wildman–Crippen LogP) is 4.60. The average molecular weight is 446 g/mol. The van der Waals surface area contributed by atoms with Crippen LogP contribution in [0.2, 0.25) is 0 Å². The molecule has 0 aromatic heterocycles. The highest BCUT2D eigenvalue weighted by Crippen LogP contribution is 2.50. The van der Waals surface area contributed by atoms with Crippen LogP contribution in [0.25, 0.3) is 11.1 Å². The van der Waals surface area contributed by atoms with E-state index in [0.717, 1.165) is 44.9 Å². The Morgan fingerprint density at radius 2 is 1.80 bits per heavy atom. The highest BCUT2D eigenvalue weighted by Gasteiger charge is 2.29. The number of carbonyl (C=O) groups is 1. The van der Waals surface area contributed by atoms with Crippen LogP contribution in [0.5, 0.6) is 17.2 Å². The van der Waals surface area contributed by atoms with Crippen molar-refractivity contribution in [1.29, 1.82) is 0 Å². The molecular formula is C23H28NO4PS. The molecule has 7 heteroatoms. The highest BCUT2D eigenvalue weighted by atomic mass is 32.1. The van der Waals surface area contributed by atoms with Gasteiger partial charge in [-0.15, -0.1) is 0 Å². The van der Waals surface area contributed by atoms with E-state index >= 15 is 0 Å².